The van der Waals surface area contributed by atoms with Gasteiger partial charge in [0.05, 0.1) is 11.0 Å². The summed E-state index contributed by atoms with van der Waals surface area (Å²) in [6.07, 6.45) is 0. The molecule has 1 aromatic carbocycles. The third kappa shape index (κ3) is 5.85. The van der Waals surface area contributed by atoms with E-state index in [9.17, 15) is 4.79 Å². The predicted octanol–water partition coefficient (Wildman–Crippen LogP) is 2.76. The smallest absolute Gasteiger partial charge is 0.230 e. The number of benzene rings is 1. The van der Waals surface area contributed by atoms with E-state index in [1.54, 1.807) is 0 Å². The molecule has 0 bridgehead atoms. The fourth-order valence-electron chi connectivity index (χ4n) is 2.52. The van der Waals surface area contributed by atoms with Crippen molar-refractivity contribution in [3.8, 4) is 0 Å². The van der Waals surface area contributed by atoms with Gasteiger partial charge in [0, 0.05) is 25.6 Å². The summed E-state index contributed by atoms with van der Waals surface area (Å²) in [4.78, 5) is 19.1. The topological polar surface area (TPSA) is 76.2 Å². The molecule has 0 spiro atoms. The van der Waals surface area contributed by atoms with Crippen molar-refractivity contribution in [1.29, 1.82) is 0 Å². The molecule has 2 rings (SSSR count). The normalized spacial score (nSPS) is 11.7. The Balaban J connectivity index is 0.00000288. The van der Waals surface area contributed by atoms with E-state index in [1.165, 1.54) is 0 Å². The summed E-state index contributed by atoms with van der Waals surface area (Å²) in [7, 11) is 0. The molecule has 0 aliphatic rings. The zero-order valence-electron chi connectivity index (χ0n) is 15.1. The lowest BCUT2D eigenvalue weighted by Gasteiger charge is -2.19. The first kappa shape index (κ1) is 23.7. The third-order valence-corrected chi connectivity index (χ3v) is 4.22. The largest absolute Gasteiger partial charge is 0.330 e. The summed E-state index contributed by atoms with van der Waals surface area (Å²) in [5, 5.41) is 2.92. The number of hydrogen-bond acceptors (Lipinski definition) is 4. The van der Waals surface area contributed by atoms with Crippen LogP contribution in [0.3, 0.4) is 0 Å². The van der Waals surface area contributed by atoms with Crippen molar-refractivity contribution in [2.24, 2.45) is 11.7 Å². The number of nitrogens with zero attached hydrogens (tertiary/aromatic N) is 3. The molecule has 0 aliphatic heterocycles. The van der Waals surface area contributed by atoms with Crippen LogP contribution in [-0.2, 0) is 11.3 Å². The Morgan fingerprint density at radius 2 is 1.92 bits per heavy atom. The van der Waals surface area contributed by atoms with Gasteiger partial charge in [0.15, 0.2) is 0 Å². The molecule has 0 saturated heterocycles. The lowest BCUT2D eigenvalue weighted by atomic mass is 10.2. The van der Waals surface area contributed by atoms with Gasteiger partial charge in [0.2, 0.25) is 11.9 Å². The molecule has 8 heteroatoms. The summed E-state index contributed by atoms with van der Waals surface area (Å²) in [5.74, 6) is 0.279. The fraction of sp³-hybridized carbons (Fsp3) is 0.529. The number of rotatable bonds is 8. The number of anilines is 1. The maximum Gasteiger partial charge on any atom is 0.230 e. The minimum atomic E-state index is -0.231. The molecule has 0 saturated carbocycles. The van der Waals surface area contributed by atoms with Gasteiger partial charge in [-0.1, -0.05) is 32.9 Å². The summed E-state index contributed by atoms with van der Waals surface area (Å²) >= 11 is 0. The number of nitrogens with one attached hydrogen (secondary N) is 1. The number of aromatic nitrogens is 2. The Morgan fingerprint density at radius 1 is 1.28 bits per heavy atom. The number of carbonyl (C=O) groups is 1. The van der Waals surface area contributed by atoms with Crippen molar-refractivity contribution in [3.05, 3.63) is 24.3 Å². The number of para-hydroxylation sites is 2. The van der Waals surface area contributed by atoms with Gasteiger partial charge in [-0.25, -0.2) is 4.98 Å². The Labute approximate surface area is 162 Å². The molecule has 0 aliphatic carbocycles. The Bertz CT molecular complexity index is 658. The lowest BCUT2D eigenvalue weighted by Crippen LogP contribution is -2.30. The maximum atomic E-state index is 12.2. The first-order valence-electron chi connectivity index (χ1n) is 8.29. The average Bonchev–Trinajstić information content (AvgIpc) is 2.92. The molecule has 25 heavy (non-hydrogen) atoms. The van der Waals surface area contributed by atoms with Crippen LogP contribution in [0.1, 0.15) is 20.8 Å². The summed E-state index contributed by atoms with van der Waals surface area (Å²) < 4.78 is 2.08. The highest BCUT2D eigenvalue weighted by Crippen LogP contribution is 2.20. The molecule has 1 amide bonds. The maximum absolute atomic E-state index is 12.2. The minimum absolute atomic E-state index is 0. The van der Waals surface area contributed by atoms with Crippen molar-refractivity contribution < 1.29 is 4.79 Å². The number of fused-ring (bicyclic) bond motifs is 1. The lowest BCUT2D eigenvalue weighted by molar-refractivity contribution is -0.119. The van der Waals surface area contributed by atoms with E-state index in [2.05, 4.69) is 33.6 Å². The van der Waals surface area contributed by atoms with Crippen LogP contribution >= 0.6 is 24.8 Å². The predicted molar refractivity (Wildman–Crippen MR) is 109 cm³/mol. The zero-order chi connectivity index (χ0) is 16.8. The van der Waals surface area contributed by atoms with Crippen molar-refractivity contribution in [3.63, 3.8) is 0 Å². The van der Waals surface area contributed by atoms with E-state index in [1.807, 2.05) is 31.2 Å². The van der Waals surface area contributed by atoms with Gasteiger partial charge in [-0.2, -0.15) is 0 Å². The standard InChI is InChI=1S/C17H27N5O.2ClH/c1-4-21(5-2)10-11-22-15-9-7-6-8-14(15)19-17(22)20-16(23)13(3)12-18;;/h6-9,13H,4-5,10-12,18H2,1-3H3,(H,19,20,23);2*1H. The molecule has 3 N–H and O–H groups in total. The molecular weight excluding hydrogens is 361 g/mol. The van der Waals surface area contributed by atoms with Crippen molar-refractivity contribution >= 4 is 47.7 Å². The first-order valence-corrected chi connectivity index (χ1v) is 8.29. The van der Waals surface area contributed by atoms with Crippen molar-refractivity contribution in [1.82, 2.24) is 14.5 Å². The molecule has 142 valence electrons. The van der Waals surface area contributed by atoms with Crippen LogP contribution < -0.4 is 11.1 Å². The quantitative estimate of drug-likeness (QED) is 0.727. The Morgan fingerprint density at radius 3 is 2.52 bits per heavy atom. The second kappa shape index (κ2) is 11.3. The zero-order valence-corrected chi connectivity index (χ0v) is 16.7. The Kier molecular flexibility index (Phi) is 10.7. The van der Waals surface area contributed by atoms with E-state index in [0.717, 1.165) is 37.2 Å². The highest BCUT2D eigenvalue weighted by Gasteiger charge is 2.16. The molecule has 0 fully saturated rings. The summed E-state index contributed by atoms with van der Waals surface area (Å²) in [6, 6.07) is 7.95. The van der Waals surface area contributed by atoms with E-state index in [4.69, 9.17) is 5.73 Å². The van der Waals surface area contributed by atoms with Crippen LogP contribution in [0.15, 0.2) is 24.3 Å². The molecule has 2 aromatic rings. The number of amides is 1. The molecule has 1 heterocycles. The monoisotopic (exact) mass is 389 g/mol. The summed E-state index contributed by atoms with van der Waals surface area (Å²) in [5.41, 5.74) is 7.51. The van der Waals surface area contributed by atoms with Crippen LogP contribution in [-0.4, -0.2) is 46.5 Å². The number of halogens is 2. The van der Waals surface area contributed by atoms with Gasteiger partial charge in [0.1, 0.15) is 0 Å². The number of hydrogen-bond donors (Lipinski definition) is 2. The third-order valence-electron chi connectivity index (χ3n) is 4.22. The van der Waals surface area contributed by atoms with Crippen LogP contribution in [0.5, 0.6) is 0 Å². The molecule has 1 aromatic heterocycles. The number of carbonyl (C=O) groups excluding carboxylic acids is 1. The summed E-state index contributed by atoms with van der Waals surface area (Å²) in [6.45, 7) is 10.2. The van der Waals surface area contributed by atoms with Gasteiger partial charge in [-0.15, -0.1) is 24.8 Å². The molecule has 1 unspecified atom stereocenters. The van der Waals surface area contributed by atoms with E-state index in [0.29, 0.717) is 12.5 Å². The second-order valence-corrected chi connectivity index (χ2v) is 5.73. The number of nitrogens with two attached hydrogens (primary N) is 1. The van der Waals surface area contributed by atoms with Crippen LogP contribution in [0.25, 0.3) is 11.0 Å². The van der Waals surface area contributed by atoms with Crippen LogP contribution in [0.4, 0.5) is 5.95 Å². The SMILES string of the molecule is CCN(CC)CCn1c(NC(=O)C(C)CN)nc2ccccc21.Cl.Cl. The van der Waals surface area contributed by atoms with Gasteiger partial charge in [-0.05, 0) is 25.2 Å². The molecular formula is C17H29Cl2N5O. The van der Waals surface area contributed by atoms with Gasteiger partial charge in [-0.3, -0.25) is 10.1 Å². The van der Waals surface area contributed by atoms with Crippen molar-refractivity contribution in [2.75, 3.05) is 31.5 Å². The first-order chi connectivity index (χ1) is 11.1. The molecule has 6 nitrogen and oxygen atoms in total. The number of imidazole rings is 1. The Hall–Kier alpha value is -1.34. The van der Waals surface area contributed by atoms with Crippen LogP contribution in [0.2, 0.25) is 0 Å². The van der Waals surface area contributed by atoms with Gasteiger partial charge >= 0.3 is 0 Å². The highest BCUT2D eigenvalue weighted by atomic mass is 35.5. The fourth-order valence-corrected chi connectivity index (χ4v) is 2.52. The van der Waals surface area contributed by atoms with Crippen molar-refractivity contribution in [2.45, 2.75) is 27.3 Å². The van der Waals surface area contributed by atoms with Crippen LogP contribution in [0, 0.1) is 5.92 Å². The molecule has 1 atom stereocenters. The minimum Gasteiger partial charge on any atom is -0.330 e. The van der Waals surface area contributed by atoms with Gasteiger partial charge < -0.3 is 15.2 Å². The molecule has 0 radical (unpaired) electrons. The number of likely N-dealkylation sites (N-methyl/N-ethyl adjacent to an activating group) is 1. The second-order valence-electron chi connectivity index (χ2n) is 5.73. The van der Waals surface area contributed by atoms with Gasteiger partial charge in [0.25, 0.3) is 0 Å². The van der Waals surface area contributed by atoms with E-state index in [-0.39, 0.29) is 36.6 Å². The highest BCUT2D eigenvalue weighted by molar-refractivity contribution is 5.93. The average molecular weight is 390 g/mol. The van der Waals surface area contributed by atoms with E-state index < -0.39 is 0 Å². The van der Waals surface area contributed by atoms with E-state index >= 15 is 0 Å².